The first-order valence-electron chi connectivity index (χ1n) is 8.09. The molecule has 2 aromatic carbocycles. The lowest BCUT2D eigenvalue weighted by atomic mass is 10.1. The highest BCUT2D eigenvalue weighted by molar-refractivity contribution is 9.10. The lowest BCUT2D eigenvalue weighted by molar-refractivity contribution is 0.290. The highest BCUT2D eigenvalue weighted by Crippen LogP contribution is 2.36. The Hall–Kier alpha value is -1.59. The van der Waals surface area contributed by atoms with Crippen LogP contribution in [0.15, 0.2) is 40.9 Å². The Labute approximate surface area is 151 Å². The molecule has 5 heteroatoms. The van der Waals surface area contributed by atoms with Crippen molar-refractivity contribution in [3.05, 3.63) is 57.8 Å². The molecule has 0 saturated carbocycles. The van der Waals surface area contributed by atoms with Crippen LogP contribution in [0.3, 0.4) is 0 Å². The van der Waals surface area contributed by atoms with Gasteiger partial charge in [0.25, 0.3) is 0 Å². The maximum absolute atomic E-state index is 13.6. The van der Waals surface area contributed by atoms with Crippen LogP contribution < -0.4 is 14.8 Å². The molecule has 0 fully saturated rings. The molecule has 0 saturated heterocycles. The molecule has 0 aliphatic heterocycles. The number of rotatable bonds is 9. The minimum atomic E-state index is -0.158. The van der Waals surface area contributed by atoms with Crippen LogP contribution in [-0.4, -0.2) is 20.3 Å². The van der Waals surface area contributed by atoms with Gasteiger partial charge < -0.3 is 14.8 Å². The number of hydrogen-bond acceptors (Lipinski definition) is 3. The summed E-state index contributed by atoms with van der Waals surface area (Å²) in [6.07, 6.45) is 1.56. The van der Waals surface area contributed by atoms with E-state index in [0.717, 1.165) is 33.5 Å². The number of hydrogen-bond donors (Lipinski definition) is 1. The summed E-state index contributed by atoms with van der Waals surface area (Å²) in [4.78, 5) is 0. The zero-order valence-corrected chi connectivity index (χ0v) is 15.7. The summed E-state index contributed by atoms with van der Waals surface area (Å²) in [6.45, 7) is 3.99. The van der Waals surface area contributed by atoms with E-state index in [2.05, 4.69) is 28.2 Å². The van der Waals surface area contributed by atoms with Crippen LogP contribution in [0.25, 0.3) is 0 Å². The zero-order valence-electron chi connectivity index (χ0n) is 14.1. The summed E-state index contributed by atoms with van der Waals surface area (Å²) in [5.74, 6) is 1.32. The molecule has 0 aromatic heterocycles. The molecule has 130 valence electrons. The molecule has 2 aromatic rings. The minimum Gasteiger partial charge on any atom is -0.493 e. The number of halogens is 2. The first kappa shape index (κ1) is 18.7. The average molecular weight is 396 g/mol. The third kappa shape index (κ3) is 4.95. The monoisotopic (exact) mass is 395 g/mol. The second-order valence-electron chi connectivity index (χ2n) is 5.42. The molecular weight excluding hydrogens is 373 g/mol. The van der Waals surface area contributed by atoms with Gasteiger partial charge in [-0.2, -0.15) is 0 Å². The minimum absolute atomic E-state index is 0.158. The molecule has 0 aliphatic carbocycles. The van der Waals surface area contributed by atoms with Crippen molar-refractivity contribution in [3.63, 3.8) is 0 Å². The van der Waals surface area contributed by atoms with Gasteiger partial charge in [0.2, 0.25) is 0 Å². The fraction of sp³-hybridized carbons (Fsp3) is 0.368. The second-order valence-corrected chi connectivity index (χ2v) is 6.28. The van der Waals surface area contributed by atoms with Crippen molar-refractivity contribution in [2.45, 2.75) is 26.3 Å². The van der Waals surface area contributed by atoms with E-state index in [1.807, 2.05) is 24.3 Å². The van der Waals surface area contributed by atoms with Gasteiger partial charge in [-0.3, -0.25) is 0 Å². The van der Waals surface area contributed by atoms with Crippen LogP contribution in [0, 0.1) is 5.82 Å². The summed E-state index contributed by atoms with van der Waals surface area (Å²) in [5.41, 5.74) is 1.73. The Bertz CT molecular complexity index is 664. The fourth-order valence-electron chi connectivity index (χ4n) is 2.41. The number of methoxy groups -OCH3 is 1. The third-order valence-electron chi connectivity index (χ3n) is 3.67. The molecule has 0 spiro atoms. The first-order valence-corrected chi connectivity index (χ1v) is 8.89. The van der Waals surface area contributed by atoms with Crippen LogP contribution in [0.2, 0.25) is 0 Å². The largest absolute Gasteiger partial charge is 0.493 e. The SMILES string of the molecule is CCCOc1c(OC)ccc(Br)c1CNCCc1ccccc1F. The average Bonchev–Trinajstić information content (AvgIpc) is 2.59. The summed E-state index contributed by atoms with van der Waals surface area (Å²) < 4.78 is 25.9. The number of ether oxygens (including phenoxy) is 2. The second kappa shape index (κ2) is 9.64. The maximum atomic E-state index is 13.6. The van der Waals surface area contributed by atoms with E-state index in [1.54, 1.807) is 13.2 Å². The Morgan fingerprint density at radius 1 is 1.17 bits per heavy atom. The molecule has 24 heavy (non-hydrogen) atoms. The van der Waals surface area contributed by atoms with Gasteiger partial charge in [-0.05, 0) is 43.1 Å². The Balaban J connectivity index is 2.01. The number of nitrogens with one attached hydrogen (secondary N) is 1. The zero-order chi connectivity index (χ0) is 17.4. The molecule has 0 heterocycles. The molecular formula is C19H23BrFNO2. The van der Waals surface area contributed by atoms with E-state index in [9.17, 15) is 4.39 Å². The van der Waals surface area contributed by atoms with Crippen molar-refractivity contribution in [1.29, 1.82) is 0 Å². The Kier molecular flexibility index (Phi) is 7.53. The molecule has 0 amide bonds. The van der Waals surface area contributed by atoms with Crippen LogP contribution in [-0.2, 0) is 13.0 Å². The molecule has 1 N–H and O–H groups in total. The molecule has 3 nitrogen and oxygen atoms in total. The highest BCUT2D eigenvalue weighted by atomic mass is 79.9. The molecule has 2 rings (SSSR count). The van der Waals surface area contributed by atoms with Gasteiger partial charge in [0.15, 0.2) is 11.5 Å². The van der Waals surface area contributed by atoms with E-state index in [-0.39, 0.29) is 5.82 Å². The topological polar surface area (TPSA) is 30.5 Å². The van der Waals surface area contributed by atoms with Gasteiger partial charge in [0.05, 0.1) is 13.7 Å². The van der Waals surface area contributed by atoms with E-state index < -0.39 is 0 Å². The predicted molar refractivity (Wildman–Crippen MR) is 98.3 cm³/mol. The smallest absolute Gasteiger partial charge is 0.166 e. The summed E-state index contributed by atoms with van der Waals surface area (Å²) >= 11 is 3.58. The van der Waals surface area contributed by atoms with Gasteiger partial charge in [-0.25, -0.2) is 4.39 Å². The van der Waals surface area contributed by atoms with Crippen LogP contribution >= 0.6 is 15.9 Å². The van der Waals surface area contributed by atoms with Gasteiger partial charge in [0.1, 0.15) is 5.82 Å². The van der Waals surface area contributed by atoms with E-state index in [1.165, 1.54) is 6.07 Å². The Morgan fingerprint density at radius 3 is 2.67 bits per heavy atom. The van der Waals surface area contributed by atoms with Crippen LogP contribution in [0.5, 0.6) is 11.5 Å². The summed E-state index contributed by atoms with van der Waals surface area (Å²) in [7, 11) is 1.64. The van der Waals surface area contributed by atoms with Gasteiger partial charge in [-0.15, -0.1) is 0 Å². The third-order valence-corrected chi connectivity index (χ3v) is 4.41. The van der Waals surface area contributed by atoms with Crippen molar-refractivity contribution >= 4 is 15.9 Å². The molecule has 0 atom stereocenters. The summed E-state index contributed by atoms with van der Waals surface area (Å²) in [5, 5.41) is 3.35. The van der Waals surface area contributed by atoms with Crippen molar-refractivity contribution in [3.8, 4) is 11.5 Å². The first-order chi connectivity index (χ1) is 11.7. The fourth-order valence-corrected chi connectivity index (χ4v) is 2.86. The lowest BCUT2D eigenvalue weighted by Crippen LogP contribution is -2.18. The maximum Gasteiger partial charge on any atom is 0.166 e. The van der Waals surface area contributed by atoms with Gasteiger partial charge in [-0.1, -0.05) is 41.1 Å². The quantitative estimate of drug-likeness (QED) is 0.623. The van der Waals surface area contributed by atoms with E-state index >= 15 is 0 Å². The summed E-state index contributed by atoms with van der Waals surface area (Å²) in [6, 6.07) is 10.7. The van der Waals surface area contributed by atoms with Crippen molar-refractivity contribution < 1.29 is 13.9 Å². The van der Waals surface area contributed by atoms with Crippen molar-refractivity contribution in [2.75, 3.05) is 20.3 Å². The standard InChI is InChI=1S/C19H23BrFNO2/c1-3-12-24-19-15(16(20)8-9-18(19)23-2)13-22-11-10-14-6-4-5-7-17(14)21/h4-9,22H,3,10-13H2,1-2H3. The van der Waals surface area contributed by atoms with E-state index in [4.69, 9.17) is 9.47 Å². The molecule has 0 unspecified atom stereocenters. The molecule has 0 bridgehead atoms. The van der Waals surface area contributed by atoms with Gasteiger partial charge in [0, 0.05) is 16.6 Å². The predicted octanol–water partition coefficient (Wildman–Crippen LogP) is 4.72. The van der Waals surface area contributed by atoms with Crippen LogP contribution in [0.4, 0.5) is 4.39 Å². The van der Waals surface area contributed by atoms with Crippen LogP contribution in [0.1, 0.15) is 24.5 Å². The number of benzene rings is 2. The lowest BCUT2D eigenvalue weighted by Gasteiger charge is -2.17. The Morgan fingerprint density at radius 2 is 1.96 bits per heavy atom. The van der Waals surface area contributed by atoms with Crippen molar-refractivity contribution in [2.24, 2.45) is 0 Å². The van der Waals surface area contributed by atoms with E-state index in [0.29, 0.717) is 26.1 Å². The normalized spacial score (nSPS) is 10.7. The molecule has 0 aliphatic rings. The van der Waals surface area contributed by atoms with Gasteiger partial charge >= 0.3 is 0 Å². The van der Waals surface area contributed by atoms with Crippen molar-refractivity contribution in [1.82, 2.24) is 5.32 Å². The molecule has 0 radical (unpaired) electrons. The highest BCUT2D eigenvalue weighted by Gasteiger charge is 2.14.